The lowest BCUT2D eigenvalue weighted by Crippen LogP contribution is -2.42. The molecule has 2 heterocycles. The van der Waals surface area contributed by atoms with Gasteiger partial charge in [0, 0.05) is 36.9 Å². The van der Waals surface area contributed by atoms with Gasteiger partial charge < -0.3 is 9.84 Å². The molecule has 1 aliphatic rings. The molecule has 9 nitrogen and oxygen atoms in total. The van der Waals surface area contributed by atoms with E-state index in [4.69, 9.17) is 9.84 Å². The lowest BCUT2D eigenvalue weighted by atomic mass is 9.97. The van der Waals surface area contributed by atoms with Crippen molar-refractivity contribution in [3.63, 3.8) is 0 Å². The number of thiol groups is 1. The van der Waals surface area contributed by atoms with Crippen molar-refractivity contribution in [2.75, 3.05) is 20.2 Å². The molecule has 1 N–H and O–H groups in total. The first kappa shape index (κ1) is 22.9. The van der Waals surface area contributed by atoms with Crippen LogP contribution < -0.4 is 0 Å². The lowest BCUT2D eigenvalue weighted by Gasteiger charge is -2.36. The number of aromatic nitrogens is 4. The van der Waals surface area contributed by atoms with E-state index in [1.165, 1.54) is 17.9 Å². The Morgan fingerprint density at radius 1 is 1.42 bits per heavy atom. The average molecular weight is 450 g/mol. The van der Waals surface area contributed by atoms with E-state index in [1.54, 1.807) is 24.3 Å². The maximum atomic E-state index is 14.5. The number of carboxylic acid groups (broad SMARTS) is 1. The van der Waals surface area contributed by atoms with Gasteiger partial charge in [-0.1, -0.05) is 18.2 Å². The number of methoxy groups -OCH3 is 1. The molecule has 1 fully saturated rings. The van der Waals surface area contributed by atoms with Crippen LogP contribution in [0.25, 0.3) is 6.08 Å². The Morgan fingerprint density at radius 2 is 2.19 bits per heavy atom. The molecular weight excluding hydrogens is 425 g/mol. The SMILES string of the molecule is COC(=O)C(c1ccccc1F)N1CCC(S)/C(=C\c2nnnn2CCCC(=O)O)C1. The van der Waals surface area contributed by atoms with E-state index in [0.29, 0.717) is 38.3 Å². The highest BCUT2D eigenvalue weighted by atomic mass is 32.1. The molecule has 0 amide bonds. The zero-order valence-electron chi connectivity index (χ0n) is 17.0. The summed E-state index contributed by atoms with van der Waals surface area (Å²) >= 11 is 4.65. The van der Waals surface area contributed by atoms with Crippen LogP contribution in [0.2, 0.25) is 0 Å². The Balaban J connectivity index is 1.84. The number of carbonyl (C=O) groups excluding carboxylic acids is 1. The number of aryl methyl sites for hydroxylation is 1. The second-order valence-corrected chi connectivity index (χ2v) is 7.82. The third-order valence-corrected chi connectivity index (χ3v) is 5.72. The quantitative estimate of drug-likeness (QED) is 0.465. The van der Waals surface area contributed by atoms with Crippen LogP contribution in [-0.4, -0.2) is 67.6 Å². The van der Waals surface area contributed by atoms with Crippen LogP contribution in [0.15, 0.2) is 29.8 Å². The van der Waals surface area contributed by atoms with Crippen LogP contribution in [0.3, 0.4) is 0 Å². The Labute approximate surface area is 184 Å². The Morgan fingerprint density at radius 3 is 2.90 bits per heavy atom. The van der Waals surface area contributed by atoms with Crippen LogP contribution >= 0.6 is 12.6 Å². The van der Waals surface area contributed by atoms with E-state index >= 15 is 0 Å². The number of likely N-dealkylation sites (tertiary alicyclic amines) is 1. The normalized spacial score (nSPS) is 19.3. The molecule has 31 heavy (non-hydrogen) atoms. The van der Waals surface area contributed by atoms with Crippen LogP contribution in [0, 0.1) is 5.82 Å². The van der Waals surface area contributed by atoms with Gasteiger partial charge in [0.15, 0.2) is 5.82 Å². The summed E-state index contributed by atoms with van der Waals surface area (Å²) in [7, 11) is 1.28. The molecule has 2 aromatic rings. The zero-order valence-corrected chi connectivity index (χ0v) is 17.9. The predicted octanol–water partition coefficient (Wildman–Crippen LogP) is 1.98. The number of ether oxygens (including phenoxy) is 1. The molecule has 166 valence electrons. The minimum Gasteiger partial charge on any atom is -0.481 e. The average Bonchev–Trinajstić information content (AvgIpc) is 3.18. The van der Waals surface area contributed by atoms with Gasteiger partial charge in [-0.3, -0.25) is 9.69 Å². The van der Waals surface area contributed by atoms with Gasteiger partial charge in [0.2, 0.25) is 0 Å². The number of benzene rings is 1. The fourth-order valence-corrected chi connectivity index (χ4v) is 3.83. The van der Waals surface area contributed by atoms with Crippen LogP contribution in [0.4, 0.5) is 4.39 Å². The smallest absolute Gasteiger partial charge is 0.327 e. The second kappa shape index (κ2) is 10.5. The van der Waals surface area contributed by atoms with Crippen molar-refractivity contribution < 1.29 is 23.8 Å². The maximum Gasteiger partial charge on any atom is 0.327 e. The van der Waals surface area contributed by atoms with Crippen molar-refractivity contribution in [2.45, 2.75) is 37.1 Å². The van der Waals surface area contributed by atoms with Crippen molar-refractivity contribution >= 4 is 30.6 Å². The van der Waals surface area contributed by atoms with E-state index < -0.39 is 23.8 Å². The summed E-state index contributed by atoms with van der Waals surface area (Å²) in [5.41, 5.74) is 1.12. The van der Waals surface area contributed by atoms with Crippen molar-refractivity contribution in [1.29, 1.82) is 0 Å². The zero-order chi connectivity index (χ0) is 22.4. The molecule has 0 bridgehead atoms. The van der Waals surface area contributed by atoms with Crippen molar-refractivity contribution in [3.05, 3.63) is 47.0 Å². The first-order valence-corrected chi connectivity index (χ1v) is 10.3. The molecule has 3 rings (SSSR count). The summed E-state index contributed by atoms with van der Waals surface area (Å²) in [5.74, 6) is -1.42. The summed E-state index contributed by atoms with van der Waals surface area (Å²) in [4.78, 5) is 25.1. The highest BCUT2D eigenvalue weighted by Gasteiger charge is 2.34. The number of esters is 1. The third-order valence-electron chi connectivity index (χ3n) is 5.13. The summed E-state index contributed by atoms with van der Waals surface area (Å²) in [6, 6.07) is 5.26. The topological polar surface area (TPSA) is 110 Å². The Kier molecular flexibility index (Phi) is 7.75. The number of halogens is 1. The van der Waals surface area contributed by atoms with Gasteiger partial charge in [0.1, 0.15) is 11.9 Å². The number of nitrogens with zero attached hydrogens (tertiary/aromatic N) is 5. The summed E-state index contributed by atoms with van der Waals surface area (Å²) in [6.45, 7) is 1.24. The number of carboxylic acids is 1. The molecule has 1 aromatic carbocycles. The summed E-state index contributed by atoms with van der Waals surface area (Å²) < 4.78 is 20.9. The largest absolute Gasteiger partial charge is 0.481 e. The molecule has 2 atom stereocenters. The molecule has 1 aromatic heterocycles. The molecule has 11 heteroatoms. The van der Waals surface area contributed by atoms with Gasteiger partial charge in [-0.15, -0.1) is 5.10 Å². The molecule has 0 radical (unpaired) electrons. The van der Waals surface area contributed by atoms with Crippen LogP contribution in [-0.2, 0) is 20.9 Å². The fraction of sp³-hybridized carbons (Fsp3) is 0.450. The number of tetrazole rings is 1. The van der Waals surface area contributed by atoms with Gasteiger partial charge in [0.05, 0.1) is 7.11 Å². The van der Waals surface area contributed by atoms with Gasteiger partial charge >= 0.3 is 11.9 Å². The lowest BCUT2D eigenvalue weighted by molar-refractivity contribution is -0.147. The van der Waals surface area contributed by atoms with Crippen LogP contribution in [0.1, 0.15) is 36.7 Å². The summed E-state index contributed by atoms with van der Waals surface area (Å²) in [6.07, 6.45) is 2.84. The van der Waals surface area contributed by atoms with Gasteiger partial charge in [-0.2, -0.15) is 12.6 Å². The highest BCUT2D eigenvalue weighted by Crippen LogP contribution is 2.31. The molecule has 0 spiro atoms. The Bertz CT molecular complexity index is 967. The fourth-order valence-electron chi connectivity index (χ4n) is 3.56. The molecule has 2 unspecified atom stereocenters. The van der Waals surface area contributed by atoms with E-state index in [9.17, 15) is 14.0 Å². The molecular formula is C20H24FN5O4S. The van der Waals surface area contributed by atoms with E-state index in [2.05, 4.69) is 28.2 Å². The van der Waals surface area contributed by atoms with Gasteiger partial charge in [0.25, 0.3) is 0 Å². The first-order chi connectivity index (χ1) is 14.9. The molecule has 0 aliphatic carbocycles. The number of carbonyl (C=O) groups is 2. The molecule has 0 saturated carbocycles. The minimum absolute atomic E-state index is 0.0162. The van der Waals surface area contributed by atoms with E-state index in [1.807, 2.05) is 4.90 Å². The van der Waals surface area contributed by atoms with Crippen molar-refractivity contribution in [1.82, 2.24) is 25.1 Å². The van der Waals surface area contributed by atoms with E-state index in [-0.39, 0.29) is 17.2 Å². The standard InChI is InChI=1S/C20H24FN5O4S/c1-30-20(29)19(14-5-2-3-6-15(14)21)25-10-8-16(31)13(12-25)11-17-22-23-24-26(17)9-4-7-18(27)28/h2-3,5-6,11,16,19,31H,4,7-10,12H2,1H3,(H,27,28)/b13-11-. The number of hydrogen-bond acceptors (Lipinski definition) is 8. The van der Waals surface area contributed by atoms with Crippen LogP contribution in [0.5, 0.6) is 0 Å². The van der Waals surface area contributed by atoms with Crippen molar-refractivity contribution in [3.8, 4) is 0 Å². The Hall–Kier alpha value is -2.79. The number of hydrogen-bond donors (Lipinski definition) is 2. The highest BCUT2D eigenvalue weighted by molar-refractivity contribution is 7.81. The third kappa shape index (κ3) is 5.67. The monoisotopic (exact) mass is 449 g/mol. The molecule has 1 aliphatic heterocycles. The van der Waals surface area contributed by atoms with Gasteiger partial charge in [-0.05, 0) is 41.0 Å². The molecule has 1 saturated heterocycles. The maximum absolute atomic E-state index is 14.5. The first-order valence-electron chi connectivity index (χ1n) is 9.83. The predicted molar refractivity (Wildman–Crippen MR) is 113 cm³/mol. The number of aliphatic carboxylic acids is 1. The van der Waals surface area contributed by atoms with Gasteiger partial charge in [-0.25, -0.2) is 13.9 Å². The van der Waals surface area contributed by atoms with Crippen molar-refractivity contribution in [2.24, 2.45) is 0 Å². The number of rotatable bonds is 8. The minimum atomic E-state index is -0.887. The summed E-state index contributed by atoms with van der Waals surface area (Å²) in [5, 5.41) is 20.3. The van der Waals surface area contributed by atoms with E-state index in [0.717, 1.165) is 5.57 Å². The second-order valence-electron chi connectivity index (χ2n) is 7.20. The number of piperidine rings is 1.